The molecule has 2 rings (SSSR count). The van der Waals surface area contributed by atoms with Crippen molar-refractivity contribution in [1.82, 2.24) is 0 Å². The quantitative estimate of drug-likeness (QED) is 0.928. The van der Waals surface area contributed by atoms with E-state index in [4.69, 9.17) is 15.2 Å². The molecule has 1 aliphatic rings. The third-order valence-corrected chi connectivity index (χ3v) is 4.80. The molecule has 3 nitrogen and oxygen atoms in total. The Bertz CT molecular complexity index is 428. The van der Waals surface area contributed by atoms with Gasteiger partial charge in [-0.2, -0.15) is 0 Å². The Balaban J connectivity index is 2.51. The molecule has 1 aromatic rings. The van der Waals surface area contributed by atoms with E-state index in [-0.39, 0.29) is 5.41 Å². The van der Waals surface area contributed by atoms with Gasteiger partial charge < -0.3 is 15.2 Å². The van der Waals surface area contributed by atoms with E-state index in [1.165, 1.54) is 18.4 Å². The topological polar surface area (TPSA) is 44.5 Å². The maximum atomic E-state index is 6.04. The Morgan fingerprint density at radius 1 is 1.22 bits per heavy atom. The lowest BCUT2D eigenvalue weighted by Crippen LogP contribution is -2.32. The van der Waals surface area contributed by atoms with Gasteiger partial charge in [0.25, 0.3) is 0 Å². The van der Waals surface area contributed by atoms with Gasteiger partial charge in [0.05, 0.1) is 18.7 Å². The van der Waals surface area contributed by atoms with Crippen LogP contribution in [-0.4, -0.2) is 20.8 Å². The fourth-order valence-corrected chi connectivity index (χ4v) is 3.84. The van der Waals surface area contributed by atoms with E-state index in [1.54, 1.807) is 14.2 Å². The normalized spacial score (nSPS) is 17.8. The third-order valence-electron chi connectivity index (χ3n) is 4.01. The standard InChI is InChI=1S/C14H20BrNO2/c1-17-11-6-5-10(12(15)13(11)18-2)14(9-16)7-3-4-8-14/h5-6H,3-4,7-9,16H2,1-2H3. The molecule has 1 aromatic carbocycles. The van der Waals surface area contributed by atoms with Crippen LogP contribution in [0.5, 0.6) is 11.5 Å². The smallest absolute Gasteiger partial charge is 0.175 e. The highest BCUT2D eigenvalue weighted by molar-refractivity contribution is 9.10. The van der Waals surface area contributed by atoms with Gasteiger partial charge in [0.1, 0.15) is 0 Å². The van der Waals surface area contributed by atoms with Crippen LogP contribution in [0.1, 0.15) is 31.2 Å². The highest BCUT2D eigenvalue weighted by Gasteiger charge is 2.36. The highest BCUT2D eigenvalue weighted by Crippen LogP contribution is 2.48. The summed E-state index contributed by atoms with van der Waals surface area (Å²) in [5.41, 5.74) is 7.38. The molecule has 4 heteroatoms. The Morgan fingerprint density at radius 2 is 1.89 bits per heavy atom. The second-order valence-corrected chi connectivity index (χ2v) is 5.65. The van der Waals surface area contributed by atoms with E-state index < -0.39 is 0 Å². The first-order chi connectivity index (χ1) is 8.68. The number of hydrogen-bond acceptors (Lipinski definition) is 3. The molecule has 100 valence electrons. The van der Waals surface area contributed by atoms with E-state index in [2.05, 4.69) is 22.0 Å². The molecule has 18 heavy (non-hydrogen) atoms. The number of hydrogen-bond donors (Lipinski definition) is 1. The van der Waals surface area contributed by atoms with Crippen LogP contribution in [0.15, 0.2) is 16.6 Å². The van der Waals surface area contributed by atoms with Crippen LogP contribution in [-0.2, 0) is 5.41 Å². The van der Waals surface area contributed by atoms with Crippen LogP contribution in [0.2, 0.25) is 0 Å². The van der Waals surface area contributed by atoms with Gasteiger partial charge in [-0.3, -0.25) is 0 Å². The lowest BCUT2D eigenvalue weighted by molar-refractivity contribution is 0.349. The van der Waals surface area contributed by atoms with Gasteiger partial charge in [-0.15, -0.1) is 0 Å². The van der Waals surface area contributed by atoms with Crippen molar-refractivity contribution in [3.63, 3.8) is 0 Å². The van der Waals surface area contributed by atoms with Gasteiger partial charge in [0.2, 0.25) is 0 Å². The Hall–Kier alpha value is -0.740. The predicted molar refractivity (Wildman–Crippen MR) is 76.4 cm³/mol. The first-order valence-corrected chi connectivity index (χ1v) is 7.09. The van der Waals surface area contributed by atoms with Crippen LogP contribution in [0.3, 0.4) is 0 Å². The van der Waals surface area contributed by atoms with E-state index >= 15 is 0 Å². The molecule has 0 aliphatic heterocycles. The van der Waals surface area contributed by atoms with Crippen molar-refractivity contribution in [2.75, 3.05) is 20.8 Å². The van der Waals surface area contributed by atoms with Crippen LogP contribution in [0, 0.1) is 0 Å². The number of ether oxygens (including phenoxy) is 2. The van der Waals surface area contributed by atoms with Crippen molar-refractivity contribution >= 4 is 15.9 Å². The van der Waals surface area contributed by atoms with Crippen molar-refractivity contribution < 1.29 is 9.47 Å². The second-order valence-electron chi connectivity index (χ2n) is 4.85. The largest absolute Gasteiger partial charge is 0.493 e. The number of methoxy groups -OCH3 is 2. The summed E-state index contributed by atoms with van der Waals surface area (Å²) >= 11 is 3.66. The summed E-state index contributed by atoms with van der Waals surface area (Å²) in [6.07, 6.45) is 4.80. The van der Waals surface area contributed by atoms with Crippen LogP contribution in [0.25, 0.3) is 0 Å². The molecule has 1 aliphatic carbocycles. The molecule has 0 heterocycles. The fraction of sp³-hybridized carbons (Fsp3) is 0.571. The lowest BCUT2D eigenvalue weighted by Gasteiger charge is -2.30. The van der Waals surface area contributed by atoms with Crippen molar-refractivity contribution in [3.05, 3.63) is 22.2 Å². The molecular formula is C14H20BrNO2. The second kappa shape index (κ2) is 5.49. The van der Waals surface area contributed by atoms with Gasteiger partial charge in [0, 0.05) is 12.0 Å². The third kappa shape index (κ3) is 2.12. The molecule has 2 N–H and O–H groups in total. The molecule has 0 bridgehead atoms. The molecule has 0 spiro atoms. The molecular weight excluding hydrogens is 294 g/mol. The van der Waals surface area contributed by atoms with Crippen LogP contribution >= 0.6 is 15.9 Å². The monoisotopic (exact) mass is 313 g/mol. The van der Waals surface area contributed by atoms with Gasteiger partial charge in [0.15, 0.2) is 11.5 Å². The first kappa shape index (κ1) is 13.7. The minimum atomic E-state index is 0.0956. The van der Waals surface area contributed by atoms with Crippen molar-refractivity contribution in [1.29, 1.82) is 0 Å². The van der Waals surface area contributed by atoms with Crippen molar-refractivity contribution in [3.8, 4) is 11.5 Å². The Kier molecular flexibility index (Phi) is 4.17. The van der Waals surface area contributed by atoms with E-state index in [1.807, 2.05) is 6.07 Å². The maximum Gasteiger partial charge on any atom is 0.175 e. The number of nitrogens with two attached hydrogens (primary N) is 1. The Morgan fingerprint density at radius 3 is 2.39 bits per heavy atom. The number of rotatable bonds is 4. The van der Waals surface area contributed by atoms with Gasteiger partial charge in [-0.1, -0.05) is 18.9 Å². The summed E-state index contributed by atoms with van der Waals surface area (Å²) in [6.45, 7) is 0.682. The predicted octanol–water partition coefficient (Wildman–Crippen LogP) is 3.24. The molecule has 0 atom stereocenters. The van der Waals surface area contributed by atoms with Crippen molar-refractivity contribution in [2.24, 2.45) is 5.73 Å². The number of benzene rings is 1. The molecule has 0 aromatic heterocycles. The highest BCUT2D eigenvalue weighted by atomic mass is 79.9. The van der Waals surface area contributed by atoms with Gasteiger partial charge in [-0.25, -0.2) is 0 Å². The molecule has 0 unspecified atom stereocenters. The van der Waals surface area contributed by atoms with Crippen LogP contribution in [0.4, 0.5) is 0 Å². The fourth-order valence-electron chi connectivity index (χ4n) is 2.93. The SMILES string of the molecule is COc1ccc(C2(CN)CCCC2)c(Br)c1OC. The summed E-state index contributed by atoms with van der Waals surface area (Å²) in [7, 11) is 3.31. The summed E-state index contributed by atoms with van der Waals surface area (Å²) in [6, 6.07) is 4.08. The zero-order valence-electron chi connectivity index (χ0n) is 11.0. The maximum absolute atomic E-state index is 6.04. The first-order valence-electron chi connectivity index (χ1n) is 6.29. The van der Waals surface area contributed by atoms with E-state index in [0.29, 0.717) is 6.54 Å². The molecule has 1 saturated carbocycles. The minimum absolute atomic E-state index is 0.0956. The van der Waals surface area contributed by atoms with Gasteiger partial charge >= 0.3 is 0 Å². The van der Waals surface area contributed by atoms with Crippen LogP contribution < -0.4 is 15.2 Å². The molecule has 1 fully saturated rings. The summed E-state index contributed by atoms with van der Waals surface area (Å²) < 4.78 is 11.7. The number of halogens is 1. The average molecular weight is 314 g/mol. The average Bonchev–Trinajstić information content (AvgIpc) is 2.88. The zero-order chi connectivity index (χ0) is 13.2. The lowest BCUT2D eigenvalue weighted by atomic mass is 9.79. The Labute approximate surface area is 117 Å². The zero-order valence-corrected chi connectivity index (χ0v) is 12.5. The summed E-state index contributed by atoms with van der Waals surface area (Å²) in [4.78, 5) is 0. The summed E-state index contributed by atoms with van der Waals surface area (Å²) in [5, 5.41) is 0. The summed E-state index contributed by atoms with van der Waals surface area (Å²) in [5.74, 6) is 1.51. The minimum Gasteiger partial charge on any atom is -0.493 e. The molecule has 0 saturated heterocycles. The van der Waals surface area contributed by atoms with Crippen molar-refractivity contribution in [2.45, 2.75) is 31.1 Å². The molecule has 0 amide bonds. The van der Waals surface area contributed by atoms with Gasteiger partial charge in [-0.05, 0) is 40.4 Å². The van der Waals surface area contributed by atoms with E-state index in [9.17, 15) is 0 Å². The van der Waals surface area contributed by atoms with E-state index in [0.717, 1.165) is 28.8 Å². The molecule has 0 radical (unpaired) electrons.